The summed E-state index contributed by atoms with van der Waals surface area (Å²) < 4.78 is 6.68. The van der Waals surface area contributed by atoms with Gasteiger partial charge in [0.2, 0.25) is 0 Å². The van der Waals surface area contributed by atoms with E-state index in [1.807, 2.05) is 19.1 Å². The van der Waals surface area contributed by atoms with Crippen LogP contribution in [0.3, 0.4) is 0 Å². The molecule has 0 saturated carbocycles. The van der Waals surface area contributed by atoms with E-state index in [1.54, 1.807) is 0 Å². The predicted octanol–water partition coefficient (Wildman–Crippen LogP) is 3.99. The van der Waals surface area contributed by atoms with Gasteiger partial charge < -0.3 is 10.1 Å². The summed E-state index contributed by atoms with van der Waals surface area (Å²) in [6.45, 7) is 5.45. The maximum Gasteiger partial charge on any atom is 0.133 e. The molecule has 0 atom stereocenters. The van der Waals surface area contributed by atoms with E-state index in [4.69, 9.17) is 4.74 Å². The van der Waals surface area contributed by atoms with Crippen molar-refractivity contribution in [1.82, 2.24) is 9.97 Å². The van der Waals surface area contributed by atoms with Crippen molar-refractivity contribution in [3.8, 4) is 5.75 Å². The van der Waals surface area contributed by atoms with Gasteiger partial charge in [-0.05, 0) is 40.9 Å². The minimum atomic E-state index is 0.599. The number of hydrogen-bond donors (Lipinski definition) is 1. The van der Waals surface area contributed by atoms with Crippen LogP contribution in [0.1, 0.15) is 24.5 Å². The number of anilines is 1. The monoisotopic (exact) mass is 349 g/mol. The molecule has 0 saturated heterocycles. The number of rotatable bonds is 7. The van der Waals surface area contributed by atoms with Gasteiger partial charge in [0.05, 0.1) is 6.54 Å². The lowest BCUT2D eigenvalue weighted by Crippen LogP contribution is -2.14. The maximum atomic E-state index is 5.86. The second-order valence-electron chi connectivity index (χ2n) is 4.77. The van der Waals surface area contributed by atoms with Gasteiger partial charge in [-0.3, -0.25) is 0 Å². The Hall–Kier alpha value is -1.62. The fourth-order valence-electron chi connectivity index (χ4n) is 2.06. The summed E-state index contributed by atoms with van der Waals surface area (Å²) in [5, 5.41) is 3.27. The Bertz CT molecular complexity index is 589. The zero-order valence-electron chi connectivity index (χ0n) is 12.4. The third kappa shape index (κ3) is 4.43. The molecule has 21 heavy (non-hydrogen) atoms. The molecule has 0 unspecified atom stereocenters. The average molecular weight is 350 g/mol. The summed E-state index contributed by atoms with van der Waals surface area (Å²) in [4.78, 5) is 8.30. The van der Waals surface area contributed by atoms with E-state index in [-0.39, 0.29) is 0 Å². The number of aryl methyl sites for hydroxylation is 1. The molecule has 1 N–H and O–H groups in total. The van der Waals surface area contributed by atoms with Gasteiger partial charge in [-0.1, -0.05) is 31.5 Å². The van der Waals surface area contributed by atoms with Crippen molar-refractivity contribution in [2.45, 2.75) is 26.7 Å². The van der Waals surface area contributed by atoms with Crippen LogP contribution >= 0.6 is 15.9 Å². The molecule has 4 nitrogen and oxygen atoms in total. The van der Waals surface area contributed by atoms with Gasteiger partial charge in [-0.15, -0.1) is 0 Å². The lowest BCUT2D eigenvalue weighted by Gasteiger charge is -2.12. The number of ether oxygens (including phenoxy) is 1. The second kappa shape index (κ2) is 7.98. The zero-order valence-corrected chi connectivity index (χ0v) is 14.0. The fourth-order valence-corrected chi connectivity index (χ4v) is 2.34. The van der Waals surface area contributed by atoms with Crippen LogP contribution in [0, 0.1) is 6.92 Å². The van der Waals surface area contributed by atoms with Crippen molar-refractivity contribution >= 4 is 21.7 Å². The van der Waals surface area contributed by atoms with Crippen molar-refractivity contribution < 1.29 is 4.74 Å². The number of para-hydroxylation sites is 1. The van der Waals surface area contributed by atoms with E-state index in [2.05, 4.69) is 50.3 Å². The van der Waals surface area contributed by atoms with Crippen molar-refractivity contribution in [3.63, 3.8) is 0 Å². The molecule has 0 aliphatic rings. The predicted molar refractivity (Wildman–Crippen MR) is 88.9 cm³/mol. The first-order valence-electron chi connectivity index (χ1n) is 7.14. The summed E-state index contributed by atoms with van der Waals surface area (Å²) >= 11 is 3.40. The molecule has 0 bridgehead atoms. The van der Waals surface area contributed by atoms with E-state index in [0.29, 0.717) is 13.2 Å². The Morgan fingerprint density at radius 2 is 2.05 bits per heavy atom. The van der Waals surface area contributed by atoms with Crippen LogP contribution in [0.4, 0.5) is 5.82 Å². The van der Waals surface area contributed by atoms with Crippen molar-refractivity contribution in [3.05, 3.63) is 46.3 Å². The SMILES string of the molecule is CCCc1ccccc1OCCNc1ncnc(Br)c1C. The minimum absolute atomic E-state index is 0.599. The van der Waals surface area contributed by atoms with Gasteiger partial charge in [0.1, 0.15) is 29.1 Å². The van der Waals surface area contributed by atoms with Crippen molar-refractivity contribution in [2.75, 3.05) is 18.5 Å². The Morgan fingerprint density at radius 3 is 2.86 bits per heavy atom. The Morgan fingerprint density at radius 1 is 1.24 bits per heavy atom. The Kier molecular flexibility index (Phi) is 5.99. The van der Waals surface area contributed by atoms with Crippen LogP contribution in [0.25, 0.3) is 0 Å². The first-order chi connectivity index (χ1) is 10.2. The van der Waals surface area contributed by atoms with Crippen LogP contribution < -0.4 is 10.1 Å². The molecule has 0 amide bonds. The molecule has 0 radical (unpaired) electrons. The standard InChI is InChI=1S/C16H20BrN3O/c1-3-6-13-7-4-5-8-14(13)21-10-9-18-16-12(2)15(17)19-11-20-16/h4-5,7-8,11H,3,6,9-10H2,1-2H3,(H,18,19,20). The van der Waals surface area contributed by atoms with Crippen LogP contribution in [-0.2, 0) is 6.42 Å². The van der Waals surface area contributed by atoms with Crippen molar-refractivity contribution in [2.24, 2.45) is 0 Å². The molecule has 2 rings (SSSR count). The molecule has 5 heteroatoms. The third-order valence-electron chi connectivity index (χ3n) is 3.17. The van der Waals surface area contributed by atoms with Gasteiger partial charge in [0, 0.05) is 5.56 Å². The number of nitrogens with zero attached hydrogens (tertiary/aromatic N) is 2. The normalized spacial score (nSPS) is 10.4. The molecule has 0 spiro atoms. The third-order valence-corrected chi connectivity index (χ3v) is 3.97. The first kappa shape index (κ1) is 15.8. The molecule has 0 fully saturated rings. The number of hydrogen-bond acceptors (Lipinski definition) is 4. The fraction of sp³-hybridized carbons (Fsp3) is 0.375. The summed E-state index contributed by atoms with van der Waals surface area (Å²) in [5.41, 5.74) is 2.27. The molecule has 2 aromatic rings. The number of aromatic nitrogens is 2. The molecular weight excluding hydrogens is 330 g/mol. The largest absolute Gasteiger partial charge is 0.491 e. The smallest absolute Gasteiger partial charge is 0.133 e. The quantitative estimate of drug-likeness (QED) is 0.606. The lowest BCUT2D eigenvalue weighted by molar-refractivity contribution is 0.329. The molecule has 1 aromatic carbocycles. The van der Waals surface area contributed by atoms with Gasteiger partial charge in [-0.2, -0.15) is 0 Å². The number of nitrogens with one attached hydrogen (secondary N) is 1. The van der Waals surface area contributed by atoms with Crippen LogP contribution in [0.5, 0.6) is 5.75 Å². The second-order valence-corrected chi connectivity index (χ2v) is 5.52. The van der Waals surface area contributed by atoms with Crippen LogP contribution in [0.15, 0.2) is 35.2 Å². The van der Waals surface area contributed by atoms with E-state index in [1.165, 1.54) is 11.9 Å². The maximum absolute atomic E-state index is 5.86. The summed E-state index contributed by atoms with van der Waals surface area (Å²) in [6, 6.07) is 8.21. The molecule has 1 aromatic heterocycles. The highest BCUT2D eigenvalue weighted by Crippen LogP contribution is 2.20. The topological polar surface area (TPSA) is 47.0 Å². The van der Waals surface area contributed by atoms with E-state index < -0.39 is 0 Å². The van der Waals surface area contributed by atoms with Crippen LogP contribution in [0.2, 0.25) is 0 Å². The van der Waals surface area contributed by atoms with Crippen molar-refractivity contribution in [1.29, 1.82) is 0 Å². The highest BCUT2D eigenvalue weighted by Gasteiger charge is 2.04. The van der Waals surface area contributed by atoms with E-state index >= 15 is 0 Å². The van der Waals surface area contributed by atoms with E-state index in [0.717, 1.165) is 34.6 Å². The van der Waals surface area contributed by atoms with Gasteiger partial charge >= 0.3 is 0 Å². The van der Waals surface area contributed by atoms with Gasteiger partial charge in [0.15, 0.2) is 0 Å². The number of benzene rings is 1. The van der Waals surface area contributed by atoms with Crippen LogP contribution in [-0.4, -0.2) is 23.1 Å². The summed E-state index contributed by atoms with van der Waals surface area (Å²) in [5.74, 6) is 1.81. The summed E-state index contributed by atoms with van der Waals surface area (Å²) in [6.07, 6.45) is 3.70. The first-order valence-corrected chi connectivity index (χ1v) is 7.93. The highest BCUT2D eigenvalue weighted by atomic mass is 79.9. The van der Waals surface area contributed by atoms with Gasteiger partial charge in [0.25, 0.3) is 0 Å². The molecule has 0 aliphatic heterocycles. The molecule has 112 valence electrons. The molecular formula is C16H20BrN3O. The van der Waals surface area contributed by atoms with E-state index in [9.17, 15) is 0 Å². The van der Waals surface area contributed by atoms with Gasteiger partial charge in [-0.25, -0.2) is 9.97 Å². The lowest BCUT2D eigenvalue weighted by atomic mass is 10.1. The summed E-state index contributed by atoms with van der Waals surface area (Å²) in [7, 11) is 0. The Labute approximate surface area is 134 Å². The molecule has 0 aliphatic carbocycles. The minimum Gasteiger partial charge on any atom is -0.491 e. The highest BCUT2D eigenvalue weighted by molar-refractivity contribution is 9.10. The molecule has 1 heterocycles. The average Bonchev–Trinajstić information content (AvgIpc) is 2.49. The number of halogens is 1. The zero-order chi connectivity index (χ0) is 15.1. The Balaban J connectivity index is 1.86.